The van der Waals surface area contributed by atoms with Crippen LogP contribution in [0.15, 0.2) is 0 Å². The van der Waals surface area contributed by atoms with Crippen molar-refractivity contribution in [1.82, 2.24) is 0 Å². The molecule has 0 aromatic rings. The topological polar surface area (TPSA) is 77.4 Å². The molecule has 6 nitrogen and oxygen atoms in total. The van der Waals surface area contributed by atoms with Gasteiger partial charge in [-0.05, 0) is 6.92 Å². The van der Waals surface area contributed by atoms with Crippen molar-refractivity contribution in [3.8, 4) is 0 Å². The van der Waals surface area contributed by atoms with Crippen LogP contribution in [0.3, 0.4) is 0 Å². The van der Waals surface area contributed by atoms with Crippen LogP contribution >= 0.6 is 0 Å². The normalized spacial score (nSPS) is 27.0. The van der Waals surface area contributed by atoms with Crippen molar-refractivity contribution < 1.29 is 29.2 Å². The molecule has 2 atom stereocenters. The summed E-state index contributed by atoms with van der Waals surface area (Å²) in [5, 5.41) is 17.2. The molecule has 1 saturated heterocycles. The van der Waals surface area contributed by atoms with E-state index < -0.39 is 12.6 Å². The Kier molecular flexibility index (Phi) is 7.96. The Bertz CT molecular complexity index is 117. The number of ether oxygens (including phenoxy) is 4. The Morgan fingerprint density at radius 1 is 1.07 bits per heavy atom. The number of methoxy groups -OCH3 is 2. The molecule has 1 fully saturated rings. The summed E-state index contributed by atoms with van der Waals surface area (Å²) in [6.45, 7) is 2.52. The SMILES string of the molecule is COC(C)OC.OC1OCCOC1O. The molecule has 0 aromatic heterocycles. The summed E-state index contributed by atoms with van der Waals surface area (Å²) in [6.07, 6.45) is -2.39. The first-order chi connectivity index (χ1) is 6.61. The third-order valence-electron chi connectivity index (χ3n) is 1.57. The average molecular weight is 210 g/mol. The Morgan fingerprint density at radius 3 is 1.57 bits per heavy atom. The van der Waals surface area contributed by atoms with Gasteiger partial charge >= 0.3 is 0 Å². The zero-order valence-electron chi connectivity index (χ0n) is 8.67. The lowest BCUT2D eigenvalue weighted by atomic mass is 10.5. The first-order valence-corrected chi connectivity index (χ1v) is 4.26. The number of rotatable bonds is 2. The van der Waals surface area contributed by atoms with Gasteiger partial charge in [0.25, 0.3) is 0 Å². The molecule has 0 saturated carbocycles. The van der Waals surface area contributed by atoms with Crippen LogP contribution in [0, 0.1) is 0 Å². The van der Waals surface area contributed by atoms with Gasteiger partial charge in [-0.15, -0.1) is 0 Å². The second-order valence-corrected chi connectivity index (χ2v) is 2.56. The second kappa shape index (κ2) is 8.10. The molecule has 6 heteroatoms. The maximum atomic E-state index is 8.58. The summed E-state index contributed by atoms with van der Waals surface area (Å²) in [5.74, 6) is 0. The van der Waals surface area contributed by atoms with E-state index in [2.05, 4.69) is 18.9 Å². The highest BCUT2D eigenvalue weighted by Crippen LogP contribution is 2.02. The molecule has 0 amide bonds. The molecule has 0 aromatic carbocycles. The predicted octanol–water partition coefficient (Wildman–Crippen LogP) is -0.705. The van der Waals surface area contributed by atoms with E-state index in [1.807, 2.05) is 6.92 Å². The van der Waals surface area contributed by atoms with E-state index in [-0.39, 0.29) is 6.29 Å². The summed E-state index contributed by atoms with van der Waals surface area (Å²) in [7, 11) is 3.21. The standard InChI is InChI=1S/C4H8O4.C4H10O2/c5-3-4(6)8-2-1-7-3;1-4(5-2)6-3/h3-6H,1-2H2;4H,1-3H3. The van der Waals surface area contributed by atoms with Gasteiger partial charge in [-0.1, -0.05) is 0 Å². The van der Waals surface area contributed by atoms with Crippen molar-refractivity contribution in [3.63, 3.8) is 0 Å². The van der Waals surface area contributed by atoms with Gasteiger partial charge in [0.2, 0.25) is 12.6 Å². The number of hydrogen-bond acceptors (Lipinski definition) is 6. The maximum Gasteiger partial charge on any atom is 0.206 e. The van der Waals surface area contributed by atoms with Crippen LogP contribution in [-0.2, 0) is 18.9 Å². The zero-order chi connectivity index (χ0) is 11.0. The second-order valence-electron chi connectivity index (χ2n) is 2.56. The third kappa shape index (κ3) is 6.25. The predicted molar refractivity (Wildman–Crippen MR) is 47.4 cm³/mol. The van der Waals surface area contributed by atoms with E-state index in [9.17, 15) is 0 Å². The molecular weight excluding hydrogens is 192 g/mol. The van der Waals surface area contributed by atoms with E-state index in [0.29, 0.717) is 13.2 Å². The minimum absolute atomic E-state index is 0.0648. The fourth-order valence-electron chi connectivity index (χ4n) is 0.599. The molecule has 86 valence electrons. The van der Waals surface area contributed by atoms with Crippen molar-refractivity contribution in [1.29, 1.82) is 0 Å². The van der Waals surface area contributed by atoms with E-state index in [4.69, 9.17) is 10.2 Å². The van der Waals surface area contributed by atoms with E-state index in [1.54, 1.807) is 14.2 Å². The summed E-state index contributed by atoms with van der Waals surface area (Å²) in [6, 6.07) is 0. The Morgan fingerprint density at radius 2 is 1.43 bits per heavy atom. The van der Waals surface area contributed by atoms with Gasteiger partial charge in [0, 0.05) is 14.2 Å². The lowest BCUT2D eigenvalue weighted by Crippen LogP contribution is -2.37. The molecule has 2 unspecified atom stereocenters. The molecular formula is C8H18O6. The average Bonchev–Trinajstić information content (AvgIpc) is 2.22. The molecule has 0 spiro atoms. The van der Waals surface area contributed by atoms with Crippen LogP contribution in [0.1, 0.15) is 6.92 Å². The monoisotopic (exact) mass is 210 g/mol. The fraction of sp³-hybridized carbons (Fsp3) is 1.00. The van der Waals surface area contributed by atoms with Gasteiger partial charge in [-0.3, -0.25) is 0 Å². The quantitative estimate of drug-likeness (QED) is 0.587. The lowest BCUT2D eigenvalue weighted by Gasteiger charge is -2.23. The van der Waals surface area contributed by atoms with Crippen LogP contribution in [-0.4, -0.2) is 56.5 Å². The Hall–Kier alpha value is -0.240. The molecule has 0 bridgehead atoms. The van der Waals surface area contributed by atoms with Crippen LogP contribution in [0.5, 0.6) is 0 Å². The van der Waals surface area contributed by atoms with Crippen molar-refractivity contribution in [2.75, 3.05) is 27.4 Å². The van der Waals surface area contributed by atoms with Gasteiger partial charge in [0.1, 0.15) is 0 Å². The highest BCUT2D eigenvalue weighted by molar-refractivity contribution is 4.49. The molecule has 14 heavy (non-hydrogen) atoms. The van der Waals surface area contributed by atoms with Gasteiger partial charge in [-0.25, -0.2) is 0 Å². The van der Waals surface area contributed by atoms with Crippen LogP contribution in [0.25, 0.3) is 0 Å². The highest BCUT2D eigenvalue weighted by atomic mass is 16.7. The molecule has 0 aliphatic carbocycles. The maximum absolute atomic E-state index is 8.58. The van der Waals surface area contributed by atoms with Crippen molar-refractivity contribution in [2.24, 2.45) is 0 Å². The highest BCUT2D eigenvalue weighted by Gasteiger charge is 2.20. The molecule has 1 aliphatic rings. The van der Waals surface area contributed by atoms with Gasteiger partial charge in [0.05, 0.1) is 13.2 Å². The number of hydrogen-bond donors (Lipinski definition) is 2. The van der Waals surface area contributed by atoms with Gasteiger partial charge < -0.3 is 29.2 Å². The van der Waals surface area contributed by atoms with Crippen LogP contribution in [0.4, 0.5) is 0 Å². The van der Waals surface area contributed by atoms with E-state index in [0.717, 1.165) is 0 Å². The Labute approximate surface area is 83.3 Å². The summed E-state index contributed by atoms with van der Waals surface area (Å²) >= 11 is 0. The van der Waals surface area contributed by atoms with Crippen molar-refractivity contribution in [3.05, 3.63) is 0 Å². The lowest BCUT2D eigenvalue weighted by molar-refractivity contribution is -0.291. The molecule has 0 radical (unpaired) electrons. The molecule has 1 aliphatic heterocycles. The Balaban J connectivity index is 0.000000255. The van der Waals surface area contributed by atoms with Gasteiger partial charge in [-0.2, -0.15) is 0 Å². The third-order valence-corrected chi connectivity index (χ3v) is 1.57. The van der Waals surface area contributed by atoms with Gasteiger partial charge in [0.15, 0.2) is 6.29 Å². The number of aliphatic hydroxyl groups is 2. The molecule has 2 N–H and O–H groups in total. The first kappa shape index (κ1) is 13.8. The summed E-state index contributed by atoms with van der Waals surface area (Å²) < 4.78 is 18.5. The van der Waals surface area contributed by atoms with Crippen molar-refractivity contribution >= 4 is 0 Å². The van der Waals surface area contributed by atoms with Crippen LogP contribution in [0.2, 0.25) is 0 Å². The van der Waals surface area contributed by atoms with E-state index >= 15 is 0 Å². The fourth-order valence-corrected chi connectivity index (χ4v) is 0.599. The summed E-state index contributed by atoms with van der Waals surface area (Å²) in [5.41, 5.74) is 0. The smallest absolute Gasteiger partial charge is 0.206 e. The summed E-state index contributed by atoms with van der Waals surface area (Å²) in [4.78, 5) is 0. The number of aliphatic hydroxyl groups excluding tert-OH is 2. The first-order valence-electron chi connectivity index (χ1n) is 4.26. The minimum atomic E-state index is -1.16. The van der Waals surface area contributed by atoms with Crippen molar-refractivity contribution in [2.45, 2.75) is 25.8 Å². The van der Waals surface area contributed by atoms with E-state index in [1.165, 1.54) is 0 Å². The largest absolute Gasteiger partial charge is 0.364 e. The minimum Gasteiger partial charge on any atom is -0.364 e. The van der Waals surface area contributed by atoms with Crippen LogP contribution < -0.4 is 0 Å². The zero-order valence-corrected chi connectivity index (χ0v) is 8.67. The molecule has 1 rings (SSSR count). The molecule has 1 heterocycles.